The largest absolute Gasteiger partial charge is 0.625 e. The first-order valence-electron chi connectivity index (χ1n) is 32.0. The first-order chi connectivity index (χ1) is 43.3. The number of carbonyl (C=O) groups is 7. The standard InChI is InChI=1S/C34H39N3O3.C15H27NO4.C14H25NO4.C9H17NO2.Ni/c1-2-3-4-5-12-22-30(34(39)40)35-32(27-18-10-7-11-19-27)28-20-13-14-21-29(28)36-33(38)31-23-15-24-37(31)25-26-16-8-6-9-17-26;1-6-7-8-9-10-11-12(13(17)19-5)16-14(18)20-15(2,3)4;1-5-6-7-8-9-10-11(12(16)17)15-13(18)19-14(2,3)4;1-2-3-4-5-6-7-8(10)9(11)12;/h2,6-11,13-14,16-21,30-31H,1,3-5,12,15,22-25H2,(H2,35,36,38,39,40);6,12H,1,7-11H2,2-5H3,(H,16,18);5,11H,1,6-10H2,2-4H3,(H,15,18)(H,16,17);2,8H,1,3-7,10H2,(H,11,12);/p-1/t30-,31-;12-;11-;8-;/m0000./s1. The van der Waals surface area contributed by atoms with Crippen LogP contribution in [0, 0.1) is 0 Å². The molecule has 514 valence electrons. The van der Waals surface area contributed by atoms with Gasteiger partial charge in [-0.3, -0.25) is 14.7 Å². The second-order valence-electron chi connectivity index (χ2n) is 24.2. The number of allylic oxidation sites excluding steroid dienone is 4. The van der Waals surface area contributed by atoms with E-state index in [1.165, 1.54) is 12.7 Å². The molecule has 5 atom stereocenters. The minimum Gasteiger partial charge on any atom is -0.625 e. The molecule has 3 aromatic rings. The van der Waals surface area contributed by atoms with Crippen molar-refractivity contribution in [2.45, 2.75) is 231 Å². The summed E-state index contributed by atoms with van der Waals surface area (Å²) < 4.78 is 14.9. The number of ether oxygens (including phenoxy) is 3. The monoisotopic (exact) mass is 1320 g/mol. The van der Waals surface area contributed by atoms with E-state index in [9.17, 15) is 38.7 Å². The zero-order chi connectivity index (χ0) is 68.0. The molecule has 1 saturated heterocycles. The van der Waals surface area contributed by atoms with E-state index < -0.39 is 71.4 Å². The van der Waals surface area contributed by atoms with Gasteiger partial charge in [0.1, 0.15) is 35.4 Å². The summed E-state index contributed by atoms with van der Waals surface area (Å²) in [6.45, 7) is 26.7. The van der Waals surface area contributed by atoms with Gasteiger partial charge in [0.2, 0.25) is 0 Å². The fourth-order valence-corrected chi connectivity index (χ4v) is 9.30. The number of carboxylic acids is 3. The zero-order valence-corrected chi connectivity index (χ0v) is 56.7. The molecule has 1 heterocycles. The number of nitrogens with two attached hydrogens (primary N) is 1. The van der Waals surface area contributed by atoms with Crippen LogP contribution in [0.4, 0.5) is 15.3 Å². The second kappa shape index (κ2) is 49.3. The smallest absolute Gasteiger partial charge is 0.408 e. The molecule has 0 radical (unpaired) electrons. The maximum absolute atomic E-state index is 13.5. The van der Waals surface area contributed by atoms with Crippen LogP contribution in [-0.4, -0.2) is 123 Å². The number of rotatable bonds is 37. The maximum atomic E-state index is 13.5. The van der Waals surface area contributed by atoms with Crippen LogP contribution in [0.15, 0.2) is 141 Å². The van der Waals surface area contributed by atoms with Crippen molar-refractivity contribution in [1.82, 2.24) is 15.5 Å². The number of alkyl carbamates (subject to hydrolysis) is 2. The normalized spacial score (nSPS) is 14.0. The molecule has 7 N–H and O–H groups in total. The van der Waals surface area contributed by atoms with Gasteiger partial charge in [-0.15, -0.1) is 32.0 Å². The van der Waals surface area contributed by atoms with E-state index in [0.717, 1.165) is 128 Å². The van der Waals surface area contributed by atoms with Crippen LogP contribution in [0.2, 0.25) is 0 Å². The molecule has 1 aliphatic heterocycles. The predicted molar refractivity (Wildman–Crippen MR) is 363 cm³/mol. The number of unbranched alkanes of at least 4 members (excludes halogenated alkanes) is 12. The zero-order valence-electron chi connectivity index (χ0n) is 55.7. The third kappa shape index (κ3) is 39.8. The van der Waals surface area contributed by atoms with Crippen LogP contribution < -0.4 is 16.4 Å². The summed E-state index contributed by atoms with van der Waals surface area (Å²) in [7, 11) is 1.31. The van der Waals surface area contributed by atoms with Gasteiger partial charge in [0, 0.05) is 28.6 Å². The summed E-state index contributed by atoms with van der Waals surface area (Å²) >= 11 is 0. The second-order valence-corrected chi connectivity index (χ2v) is 24.2. The van der Waals surface area contributed by atoms with Gasteiger partial charge >= 0.3 is 36.1 Å². The van der Waals surface area contributed by atoms with Crippen molar-refractivity contribution < 1.29 is 79.6 Å². The van der Waals surface area contributed by atoms with Crippen LogP contribution in [-0.2, 0) is 61.2 Å². The SMILES string of the molecule is C=CCCCCC[C@H](N)C(=O)O.C=CCCCCC[C@H](N=C(c1ccccc1)c1ccccc1[N-]C(=O)[C@@H]1CCCN1Cc1ccccc1)C(=O)O.C=CCCCCC[C@H](NC(=O)OC(C)(C)C)C(=O)O.C=CCCCCC[C@H](NC(=O)OC(C)(C)C)C(=O)OC.[Ni]. The Morgan fingerprint density at radius 3 is 1.51 bits per heavy atom. The maximum Gasteiger partial charge on any atom is 0.408 e. The fraction of sp³-hybridized carbons (Fsp3) is 0.528. The molecule has 19 nitrogen and oxygen atoms in total. The van der Waals surface area contributed by atoms with E-state index in [1.54, 1.807) is 41.5 Å². The Bertz CT molecular complexity index is 2680. The van der Waals surface area contributed by atoms with Gasteiger partial charge in [-0.25, -0.2) is 24.0 Å². The number of nitrogens with one attached hydrogen (secondary N) is 2. The molecule has 0 bridgehead atoms. The number of aliphatic carboxylic acids is 3. The number of benzene rings is 3. The van der Waals surface area contributed by atoms with Crippen LogP contribution in [0.3, 0.4) is 0 Å². The van der Waals surface area contributed by atoms with E-state index in [0.29, 0.717) is 49.2 Å². The van der Waals surface area contributed by atoms with Gasteiger partial charge < -0.3 is 56.0 Å². The van der Waals surface area contributed by atoms with Gasteiger partial charge in [0.15, 0.2) is 0 Å². The molecule has 4 rings (SSSR count). The third-order valence-electron chi connectivity index (χ3n) is 14.0. The molecule has 92 heavy (non-hydrogen) atoms. The van der Waals surface area contributed by atoms with Crippen molar-refractivity contribution in [2.75, 3.05) is 13.7 Å². The molecule has 1 fully saturated rings. The van der Waals surface area contributed by atoms with Crippen molar-refractivity contribution in [3.63, 3.8) is 0 Å². The summed E-state index contributed by atoms with van der Waals surface area (Å²) in [4.78, 5) is 88.9. The number of esters is 1. The van der Waals surface area contributed by atoms with Gasteiger partial charge in [0.05, 0.1) is 24.8 Å². The number of carboxylic acid groups (broad SMARTS) is 3. The number of para-hydroxylation sites is 1. The van der Waals surface area contributed by atoms with E-state index in [1.807, 2.05) is 97.1 Å². The van der Waals surface area contributed by atoms with E-state index in [-0.39, 0.29) is 28.4 Å². The number of likely N-dealkylation sites (tertiary alicyclic amines) is 1. The van der Waals surface area contributed by atoms with Gasteiger partial charge in [-0.05, 0) is 149 Å². The van der Waals surface area contributed by atoms with Gasteiger partial charge in [0.25, 0.3) is 0 Å². The number of hydrogen-bond acceptors (Lipinski definition) is 13. The van der Waals surface area contributed by atoms with E-state index >= 15 is 0 Å². The number of amides is 3. The summed E-state index contributed by atoms with van der Waals surface area (Å²) in [6, 6.07) is 23.7. The number of methoxy groups -OCH3 is 1. The fourth-order valence-electron chi connectivity index (χ4n) is 9.30. The number of hydrogen-bond donors (Lipinski definition) is 6. The summed E-state index contributed by atoms with van der Waals surface area (Å²) in [5.74, 6) is -3.51. The van der Waals surface area contributed by atoms with E-state index in [2.05, 4.69) is 59.3 Å². The van der Waals surface area contributed by atoms with Crippen molar-refractivity contribution in [2.24, 2.45) is 10.7 Å². The Morgan fingerprint density at radius 1 is 0.609 bits per heavy atom. The first-order valence-corrected chi connectivity index (χ1v) is 32.0. The molecular weight excluding hydrogens is 1220 g/mol. The molecule has 0 aliphatic carbocycles. The number of aliphatic imine (C=N–C) groups is 1. The Balaban J connectivity index is 0.00000134. The molecule has 3 amide bonds. The molecule has 0 unspecified atom stereocenters. The summed E-state index contributed by atoms with van der Waals surface area (Å²) in [6.07, 6.45) is 24.9. The predicted octanol–water partition coefficient (Wildman–Crippen LogP) is 15.1. The number of nitrogens with zero attached hydrogens (tertiary/aromatic N) is 3. The van der Waals surface area contributed by atoms with Gasteiger partial charge in [-0.2, -0.15) is 0 Å². The Hall–Kier alpha value is -7.41. The average Bonchev–Trinajstić information content (AvgIpc) is 1.88. The van der Waals surface area contributed by atoms with Crippen LogP contribution in [0.1, 0.15) is 199 Å². The third-order valence-corrected chi connectivity index (χ3v) is 14.0. The minimum atomic E-state index is -1.03. The van der Waals surface area contributed by atoms with Crippen LogP contribution in [0.25, 0.3) is 5.32 Å². The van der Waals surface area contributed by atoms with E-state index in [4.69, 9.17) is 35.1 Å². The molecule has 1 aliphatic rings. The Labute approximate surface area is 558 Å². The van der Waals surface area contributed by atoms with Crippen molar-refractivity contribution in [1.29, 1.82) is 0 Å². The van der Waals surface area contributed by atoms with Crippen LogP contribution >= 0.6 is 0 Å². The first kappa shape index (κ1) is 84.6. The summed E-state index contributed by atoms with van der Waals surface area (Å²) in [5.41, 5.74) is 7.77. The van der Waals surface area contributed by atoms with Gasteiger partial charge in [-0.1, -0.05) is 161 Å². The van der Waals surface area contributed by atoms with Crippen LogP contribution in [0.5, 0.6) is 0 Å². The molecular formula is C72H107N6NiO13-. The molecule has 0 saturated carbocycles. The summed E-state index contributed by atoms with van der Waals surface area (Å²) in [5, 5.41) is 37.1. The topological polar surface area (TPSA) is 288 Å². The van der Waals surface area contributed by atoms with Crippen molar-refractivity contribution >= 4 is 53.4 Å². The van der Waals surface area contributed by atoms with Crippen molar-refractivity contribution in [3.05, 3.63) is 158 Å². The molecule has 3 aromatic carbocycles. The number of carbonyl (C=O) groups excluding carboxylic acids is 4. The quantitative estimate of drug-likeness (QED) is 0.00781. The molecule has 0 aromatic heterocycles. The molecule has 20 heteroatoms. The Kier molecular flexibility index (Phi) is 45.3. The minimum absolute atomic E-state index is 0. The Morgan fingerprint density at radius 2 is 1.05 bits per heavy atom. The van der Waals surface area contributed by atoms with Crippen molar-refractivity contribution in [3.8, 4) is 0 Å². The average molecular weight is 1320 g/mol. The molecule has 0 spiro atoms.